The van der Waals surface area contributed by atoms with Crippen molar-refractivity contribution < 1.29 is 9.53 Å². The molecule has 1 fully saturated rings. The van der Waals surface area contributed by atoms with Crippen LogP contribution in [0, 0.1) is 0 Å². The highest BCUT2D eigenvalue weighted by atomic mass is 35.5. The number of hydrogen-bond donors (Lipinski definition) is 0. The molecule has 0 N–H and O–H groups in total. The molecule has 1 aliphatic rings. The quantitative estimate of drug-likeness (QED) is 0.424. The van der Waals surface area contributed by atoms with Crippen LogP contribution in [0.1, 0.15) is 34.1 Å². The van der Waals surface area contributed by atoms with E-state index in [1.807, 2.05) is 0 Å². The molecule has 68 valence electrons. The van der Waals surface area contributed by atoms with Crippen LogP contribution >= 0.6 is 11.6 Å². The topological polar surface area (TPSA) is 29.6 Å². The Morgan fingerprint density at radius 2 is 1.73 bits per heavy atom. The summed E-state index contributed by atoms with van der Waals surface area (Å²) in [6.07, 6.45) is 1.83. The van der Waals surface area contributed by atoms with E-state index in [1.54, 1.807) is 0 Å². The van der Waals surface area contributed by atoms with Crippen LogP contribution < -0.4 is 0 Å². The van der Waals surface area contributed by atoms with Crippen LogP contribution in [0.5, 0.6) is 0 Å². The van der Waals surface area contributed by atoms with Crippen LogP contribution in [0.3, 0.4) is 0 Å². The van der Waals surface area contributed by atoms with Crippen molar-refractivity contribution in [2.75, 3.05) is 6.61 Å². The second kappa shape index (κ2) is 9.92. The van der Waals surface area contributed by atoms with Crippen LogP contribution in [-0.4, -0.2) is 18.0 Å². The van der Waals surface area contributed by atoms with Gasteiger partial charge in [-0.2, -0.15) is 0 Å². The average Bonchev–Trinajstić information content (AvgIpc) is 2.51. The first-order valence-electron chi connectivity index (χ1n) is 3.82. The van der Waals surface area contributed by atoms with E-state index in [1.165, 1.54) is 13.3 Å². The minimum Gasteiger partial charge on any atom is -0.373 e. The lowest BCUT2D eigenvalue weighted by atomic mass is 10.6. The molecule has 2 nitrogen and oxygen atoms in total. The molecule has 0 aromatic heterocycles. The summed E-state index contributed by atoms with van der Waals surface area (Å²) < 4.78 is 4.71. The van der Waals surface area contributed by atoms with Crippen LogP contribution in [0.25, 0.3) is 0 Å². The molecule has 0 spiro atoms. The maximum absolute atomic E-state index is 9.21. The smallest absolute Gasteiger partial charge is 0.218 e. The second-order valence-electron chi connectivity index (χ2n) is 2.32. The van der Waals surface area contributed by atoms with Gasteiger partial charge in [-0.25, -0.2) is 0 Å². The molecule has 0 amide bonds. The second-order valence-corrected chi connectivity index (χ2v) is 2.85. The Hall–Kier alpha value is -0.0800. The Kier molecular flexibility index (Phi) is 12.2. The Morgan fingerprint density at radius 3 is 1.73 bits per heavy atom. The summed E-state index contributed by atoms with van der Waals surface area (Å²) in [7, 11) is 0. The van der Waals surface area contributed by atoms with Gasteiger partial charge in [0.05, 0.1) is 12.7 Å². The highest BCUT2D eigenvalue weighted by molar-refractivity contribution is 6.62. The van der Waals surface area contributed by atoms with E-state index in [4.69, 9.17) is 4.74 Å². The molecule has 1 unspecified atom stereocenters. The van der Waals surface area contributed by atoms with Crippen molar-refractivity contribution in [1.82, 2.24) is 0 Å². The van der Waals surface area contributed by atoms with Gasteiger partial charge in [0.1, 0.15) is 0 Å². The van der Waals surface area contributed by atoms with Crippen molar-refractivity contribution in [1.29, 1.82) is 0 Å². The predicted molar refractivity (Wildman–Crippen MR) is 47.9 cm³/mol. The predicted octanol–water partition coefficient (Wildman–Crippen LogP) is 2.59. The largest absolute Gasteiger partial charge is 0.373 e. The van der Waals surface area contributed by atoms with Crippen molar-refractivity contribution in [3.63, 3.8) is 0 Å². The van der Waals surface area contributed by atoms with E-state index < -0.39 is 0 Å². The highest BCUT2D eigenvalue weighted by Crippen LogP contribution is 2.04. The molecule has 0 bridgehead atoms. The zero-order valence-electron chi connectivity index (χ0n) is 7.69. The van der Waals surface area contributed by atoms with Crippen molar-refractivity contribution >= 4 is 16.8 Å². The minimum atomic E-state index is -0.361. The van der Waals surface area contributed by atoms with E-state index in [0.717, 1.165) is 6.61 Å². The normalized spacial score (nSPS) is 18.5. The summed E-state index contributed by atoms with van der Waals surface area (Å²) in [6, 6.07) is 0. The number of epoxide rings is 1. The van der Waals surface area contributed by atoms with Gasteiger partial charge in [0, 0.05) is 6.92 Å². The number of rotatable bonds is 0. The molecule has 0 aromatic rings. The summed E-state index contributed by atoms with van der Waals surface area (Å²) >= 11 is 4.64. The lowest BCUT2D eigenvalue weighted by Crippen LogP contribution is -1.62. The number of carbonyl (C=O) groups is 1. The van der Waals surface area contributed by atoms with Crippen molar-refractivity contribution in [2.24, 2.45) is 0 Å². The van der Waals surface area contributed by atoms with Gasteiger partial charge in [0.15, 0.2) is 0 Å². The lowest BCUT2D eigenvalue weighted by molar-refractivity contribution is -0.109. The van der Waals surface area contributed by atoms with E-state index >= 15 is 0 Å². The molecule has 1 saturated heterocycles. The monoisotopic (exact) mass is 180 g/mol. The van der Waals surface area contributed by atoms with Gasteiger partial charge in [-0.05, 0) is 18.5 Å². The first-order chi connectivity index (χ1) is 5.04. The fourth-order valence-electron chi connectivity index (χ4n) is 0.0962. The summed E-state index contributed by atoms with van der Waals surface area (Å²) in [5, 5.41) is -0.361. The molecule has 1 rings (SSSR count). The zero-order valence-corrected chi connectivity index (χ0v) is 8.44. The summed E-state index contributed by atoms with van der Waals surface area (Å²) in [5.74, 6) is 0. The van der Waals surface area contributed by atoms with E-state index in [-0.39, 0.29) is 5.24 Å². The molecule has 0 aromatic carbocycles. The molecule has 1 atom stereocenters. The van der Waals surface area contributed by atoms with Gasteiger partial charge in [-0.3, -0.25) is 4.79 Å². The molecular weight excluding hydrogens is 164 g/mol. The Bertz CT molecular complexity index is 86.1. The summed E-state index contributed by atoms with van der Waals surface area (Å²) in [4.78, 5) is 9.21. The SMILES string of the molecule is CC(=O)Cl.CC1CO1.CCC. The van der Waals surface area contributed by atoms with Crippen molar-refractivity contribution in [3.8, 4) is 0 Å². The van der Waals surface area contributed by atoms with Gasteiger partial charge < -0.3 is 4.74 Å². The Labute approximate surface area is 73.9 Å². The number of ether oxygens (including phenoxy) is 1. The van der Waals surface area contributed by atoms with E-state index in [2.05, 4.69) is 32.4 Å². The maximum Gasteiger partial charge on any atom is 0.218 e. The van der Waals surface area contributed by atoms with Crippen LogP contribution in [0.2, 0.25) is 0 Å². The minimum absolute atomic E-state index is 0.361. The first-order valence-corrected chi connectivity index (χ1v) is 4.20. The molecule has 1 aliphatic heterocycles. The average molecular weight is 181 g/mol. The first kappa shape index (κ1) is 13.5. The fraction of sp³-hybridized carbons (Fsp3) is 0.875. The fourth-order valence-corrected chi connectivity index (χ4v) is 0.0962. The molecule has 0 aliphatic carbocycles. The van der Waals surface area contributed by atoms with Gasteiger partial charge in [-0.15, -0.1) is 0 Å². The third kappa shape index (κ3) is 73.0. The van der Waals surface area contributed by atoms with Gasteiger partial charge >= 0.3 is 0 Å². The molecule has 1 heterocycles. The lowest BCUT2D eigenvalue weighted by Gasteiger charge is -1.52. The van der Waals surface area contributed by atoms with Gasteiger partial charge in [0.2, 0.25) is 5.24 Å². The third-order valence-corrected chi connectivity index (χ3v) is 0.500. The van der Waals surface area contributed by atoms with E-state index in [0.29, 0.717) is 6.10 Å². The molecule has 0 saturated carbocycles. The van der Waals surface area contributed by atoms with Crippen LogP contribution in [-0.2, 0) is 9.53 Å². The number of halogens is 1. The van der Waals surface area contributed by atoms with Gasteiger partial charge in [-0.1, -0.05) is 20.3 Å². The Balaban J connectivity index is 0. The standard InChI is InChI=1S/C3H6O.C3H8.C2H3ClO/c1-3-2-4-3;1-3-2;1-2(3)4/h3H,2H2,1H3;3H2,1-2H3;1H3. The number of carbonyl (C=O) groups excluding carboxylic acids is 1. The molecule has 0 radical (unpaired) electrons. The highest BCUT2D eigenvalue weighted by Gasteiger charge is 2.13. The van der Waals surface area contributed by atoms with E-state index in [9.17, 15) is 4.79 Å². The molecule has 3 heteroatoms. The van der Waals surface area contributed by atoms with Crippen LogP contribution in [0.4, 0.5) is 0 Å². The number of hydrogen-bond acceptors (Lipinski definition) is 2. The maximum atomic E-state index is 9.21. The van der Waals surface area contributed by atoms with Crippen molar-refractivity contribution in [3.05, 3.63) is 0 Å². The third-order valence-electron chi connectivity index (χ3n) is 0.500. The zero-order chi connectivity index (χ0) is 9.28. The van der Waals surface area contributed by atoms with Gasteiger partial charge in [0.25, 0.3) is 0 Å². The molecule has 11 heavy (non-hydrogen) atoms. The molecular formula is C8H17ClO2. The van der Waals surface area contributed by atoms with Crippen molar-refractivity contribution in [2.45, 2.75) is 40.2 Å². The summed E-state index contributed by atoms with van der Waals surface area (Å²) in [6.45, 7) is 8.58. The van der Waals surface area contributed by atoms with Crippen LogP contribution in [0.15, 0.2) is 0 Å². The Morgan fingerprint density at radius 1 is 1.64 bits per heavy atom. The summed E-state index contributed by atoms with van der Waals surface area (Å²) in [5.41, 5.74) is 0.